The number of hydrogen-bond donors (Lipinski definition) is 1. The smallest absolute Gasteiger partial charge is 0.264 e. The van der Waals surface area contributed by atoms with Crippen molar-refractivity contribution in [1.82, 2.24) is 10.3 Å². The third-order valence-corrected chi connectivity index (χ3v) is 7.67. The number of benzene rings is 2. The molecule has 9 heteroatoms. The Labute approximate surface area is 185 Å². The fourth-order valence-electron chi connectivity index (χ4n) is 2.88. The molecule has 1 amide bonds. The lowest BCUT2D eigenvalue weighted by molar-refractivity contribution is 0.0935. The van der Waals surface area contributed by atoms with Gasteiger partial charge in [0.2, 0.25) is 0 Å². The van der Waals surface area contributed by atoms with Crippen LogP contribution in [0.2, 0.25) is 5.02 Å². The molecule has 30 heavy (non-hydrogen) atoms. The Kier molecular flexibility index (Phi) is 6.80. The number of rotatable bonds is 7. The second kappa shape index (κ2) is 9.16. The van der Waals surface area contributed by atoms with E-state index in [1.54, 1.807) is 36.4 Å². The molecular formula is C21H22ClN3O3S2. The van der Waals surface area contributed by atoms with Crippen molar-refractivity contribution < 1.29 is 13.2 Å². The molecule has 0 bridgehead atoms. The van der Waals surface area contributed by atoms with Gasteiger partial charge in [0.1, 0.15) is 5.01 Å². The fourth-order valence-corrected chi connectivity index (χ4v) is 5.23. The van der Waals surface area contributed by atoms with E-state index in [9.17, 15) is 13.2 Å². The lowest BCUT2D eigenvalue weighted by atomic mass is 10.1. The van der Waals surface area contributed by atoms with E-state index in [4.69, 9.17) is 11.6 Å². The van der Waals surface area contributed by atoms with Crippen LogP contribution in [0.5, 0.6) is 0 Å². The number of hydrogen-bond acceptors (Lipinski definition) is 5. The molecule has 1 aromatic heterocycles. The zero-order valence-electron chi connectivity index (χ0n) is 16.8. The Bertz CT molecular complexity index is 1160. The molecule has 0 aliphatic heterocycles. The highest BCUT2D eigenvalue weighted by molar-refractivity contribution is 7.92. The Morgan fingerprint density at radius 2 is 1.97 bits per heavy atom. The van der Waals surface area contributed by atoms with Gasteiger partial charge < -0.3 is 5.32 Å². The maximum Gasteiger partial charge on any atom is 0.264 e. The summed E-state index contributed by atoms with van der Waals surface area (Å²) < 4.78 is 27.3. The molecule has 1 unspecified atom stereocenters. The van der Waals surface area contributed by atoms with Crippen LogP contribution in [0.25, 0.3) is 0 Å². The highest BCUT2D eigenvalue weighted by Crippen LogP contribution is 2.26. The molecule has 0 saturated heterocycles. The number of halogens is 1. The quantitative estimate of drug-likeness (QED) is 0.545. The lowest BCUT2D eigenvalue weighted by Gasteiger charge is -2.20. The van der Waals surface area contributed by atoms with E-state index < -0.39 is 10.0 Å². The van der Waals surface area contributed by atoms with Crippen LogP contribution in [0.4, 0.5) is 5.69 Å². The fraction of sp³-hybridized carbons (Fsp3) is 0.238. The summed E-state index contributed by atoms with van der Waals surface area (Å²) in [6, 6.07) is 12.3. The van der Waals surface area contributed by atoms with Gasteiger partial charge in [-0.15, -0.1) is 11.3 Å². The molecule has 3 aromatic rings. The molecule has 0 radical (unpaired) electrons. The van der Waals surface area contributed by atoms with Gasteiger partial charge in [0.15, 0.2) is 0 Å². The predicted octanol–water partition coefficient (Wildman–Crippen LogP) is 4.81. The second-order valence-electron chi connectivity index (χ2n) is 6.74. The zero-order chi connectivity index (χ0) is 21.9. The van der Waals surface area contributed by atoms with E-state index >= 15 is 0 Å². The van der Waals surface area contributed by atoms with Crippen LogP contribution in [0, 0.1) is 6.92 Å². The van der Waals surface area contributed by atoms with Gasteiger partial charge in [-0.3, -0.25) is 9.10 Å². The minimum absolute atomic E-state index is 0.0239. The molecule has 6 nitrogen and oxygen atoms in total. The number of amides is 1. The predicted molar refractivity (Wildman–Crippen MR) is 121 cm³/mol. The molecule has 1 N–H and O–H groups in total. The van der Waals surface area contributed by atoms with E-state index in [2.05, 4.69) is 10.3 Å². The van der Waals surface area contributed by atoms with Crippen LogP contribution in [0.1, 0.15) is 40.4 Å². The molecule has 3 rings (SSSR count). The monoisotopic (exact) mass is 463 g/mol. The van der Waals surface area contributed by atoms with Crippen LogP contribution in [0.15, 0.2) is 58.8 Å². The summed E-state index contributed by atoms with van der Waals surface area (Å²) in [7, 11) is -2.41. The zero-order valence-corrected chi connectivity index (χ0v) is 19.2. The van der Waals surface area contributed by atoms with Crippen LogP contribution in [0.3, 0.4) is 0 Å². The van der Waals surface area contributed by atoms with E-state index in [-0.39, 0.29) is 22.4 Å². The van der Waals surface area contributed by atoms with Gasteiger partial charge in [-0.2, -0.15) is 0 Å². The molecule has 0 saturated carbocycles. The molecule has 2 aromatic carbocycles. The maximum absolute atomic E-state index is 13.1. The SMILES string of the molecule is CCC(NC(=O)c1cccc(S(=O)(=O)N(C)c2cccc(Cl)c2)c1)c1nc(C)cs1. The first-order chi connectivity index (χ1) is 14.2. The van der Waals surface area contributed by atoms with Crippen LogP contribution >= 0.6 is 22.9 Å². The van der Waals surface area contributed by atoms with Crippen molar-refractivity contribution in [2.45, 2.75) is 31.2 Å². The molecule has 158 valence electrons. The molecule has 0 spiro atoms. The molecule has 0 aliphatic carbocycles. The van der Waals surface area contributed by atoms with E-state index in [1.165, 1.54) is 30.5 Å². The largest absolute Gasteiger partial charge is 0.343 e. The molecule has 0 aliphatic rings. The number of carbonyl (C=O) groups is 1. The standard InChI is InChI=1S/C21H22ClN3O3S2/c1-4-19(21-23-14(2)13-29-21)24-20(26)15-7-5-10-18(11-15)30(27,28)25(3)17-9-6-8-16(22)12-17/h5-13,19H,4H2,1-3H3,(H,24,26). The Balaban J connectivity index is 1.85. The third kappa shape index (κ3) is 4.83. The van der Waals surface area contributed by atoms with Crippen LogP contribution in [-0.2, 0) is 10.0 Å². The summed E-state index contributed by atoms with van der Waals surface area (Å²) in [5.41, 5.74) is 1.60. The Morgan fingerprint density at radius 3 is 2.60 bits per heavy atom. The summed E-state index contributed by atoms with van der Waals surface area (Å²) in [6.07, 6.45) is 0.675. The lowest BCUT2D eigenvalue weighted by Crippen LogP contribution is -2.29. The van der Waals surface area contributed by atoms with Crippen molar-refractivity contribution in [1.29, 1.82) is 0 Å². The minimum Gasteiger partial charge on any atom is -0.343 e. The van der Waals surface area contributed by atoms with Crippen molar-refractivity contribution in [3.8, 4) is 0 Å². The second-order valence-corrected chi connectivity index (χ2v) is 10.0. The number of aryl methyl sites for hydroxylation is 1. The van der Waals surface area contributed by atoms with Gasteiger partial charge in [0, 0.05) is 28.7 Å². The van der Waals surface area contributed by atoms with Crippen molar-refractivity contribution in [2.75, 3.05) is 11.4 Å². The molecule has 1 heterocycles. The third-order valence-electron chi connectivity index (χ3n) is 4.57. The average molecular weight is 464 g/mol. The number of sulfonamides is 1. The van der Waals surface area contributed by atoms with Crippen molar-refractivity contribution in [3.05, 3.63) is 75.2 Å². The van der Waals surface area contributed by atoms with Gasteiger partial charge in [0.05, 0.1) is 16.6 Å². The summed E-state index contributed by atoms with van der Waals surface area (Å²) in [5, 5.41) is 6.14. The molecule has 1 atom stereocenters. The highest BCUT2D eigenvalue weighted by atomic mass is 35.5. The molecule has 0 fully saturated rings. The van der Waals surface area contributed by atoms with Gasteiger partial charge >= 0.3 is 0 Å². The normalized spacial score (nSPS) is 12.4. The number of nitrogens with one attached hydrogen (secondary N) is 1. The van der Waals surface area contributed by atoms with E-state index in [0.29, 0.717) is 17.1 Å². The van der Waals surface area contributed by atoms with Crippen molar-refractivity contribution >= 4 is 44.6 Å². The number of nitrogens with zero attached hydrogens (tertiary/aromatic N) is 2. The van der Waals surface area contributed by atoms with Crippen molar-refractivity contribution in [2.24, 2.45) is 0 Å². The minimum atomic E-state index is -3.86. The first-order valence-electron chi connectivity index (χ1n) is 9.30. The number of thiazole rings is 1. The van der Waals surface area contributed by atoms with Crippen LogP contribution < -0.4 is 9.62 Å². The van der Waals surface area contributed by atoms with Crippen LogP contribution in [-0.4, -0.2) is 26.4 Å². The van der Waals surface area contributed by atoms with Gasteiger partial charge in [-0.1, -0.05) is 30.7 Å². The van der Waals surface area contributed by atoms with Gasteiger partial charge in [-0.25, -0.2) is 13.4 Å². The molecular weight excluding hydrogens is 442 g/mol. The maximum atomic E-state index is 13.1. The number of carbonyl (C=O) groups excluding carboxylic acids is 1. The number of anilines is 1. The highest BCUT2D eigenvalue weighted by Gasteiger charge is 2.23. The Morgan fingerprint density at radius 1 is 1.23 bits per heavy atom. The topological polar surface area (TPSA) is 79.4 Å². The van der Waals surface area contributed by atoms with Gasteiger partial charge in [0.25, 0.3) is 15.9 Å². The Hall–Kier alpha value is -2.42. The first kappa shape index (κ1) is 22.3. The number of aromatic nitrogens is 1. The van der Waals surface area contributed by atoms with Crippen molar-refractivity contribution in [3.63, 3.8) is 0 Å². The van der Waals surface area contributed by atoms with E-state index in [1.807, 2.05) is 19.2 Å². The summed E-state index contributed by atoms with van der Waals surface area (Å²) in [4.78, 5) is 17.3. The summed E-state index contributed by atoms with van der Waals surface area (Å²) in [6.45, 7) is 3.86. The average Bonchev–Trinajstić information content (AvgIpc) is 3.17. The van der Waals surface area contributed by atoms with E-state index in [0.717, 1.165) is 15.0 Å². The first-order valence-corrected chi connectivity index (χ1v) is 12.0. The summed E-state index contributed by atoms with van der Waals surface area (Å²) >= 11 is 7.48. The summed E-state index contributed by atoms with van der Waals surface area (Å²) in [5.74, 6) is -0.350. The van der Waals surface area contributed by atoms with Gasteiger partial charge in [-0.05, 0) is 49.7 Å².